The van der Waals surface area contributed by atoms with Crippen molar-refractivity contribution in [2.45, 2.75) is 52.1 Å². The van der Waals surface area contributed by atoms with Gasteiger partial charge >= 0.3 is 6.03 Å². The van der Waals surface area contributed by atoms with E-state index in [1.165, 1.54) is 0 Å². The summed E-state index contributed by atoms with van der Waals surface area (Å²) in [5, 5.41) is 5.93. The van der Waals surface area contributed by atoms with Crippen LogP contribution < -0.4 is 15.5 Å². The second-order valence-corrected chi connectivity index (χ2v) is 6.93. The fourth-order valence-corrected chi connectivity index (χ4v) is 3.35. The van der Waals surface area contributed by atoms with Crippen molar-refractivity contribution in [3.05, 3.63) is 30.3 Å². The minimum Gasteiger partial charge on any atom is -0.336 e. The molecule has 0 unspecified atom stereocenters. The van der Waals surface area contributed by atoms with Gasteiger partial charge in [0.05, 0.1) is 6.04 Å². The van der Waals surface area contributed by atoms with Crippen molar-refractivity contribution in [2.75, 3.05) is 31.1 Å². The number of urea groups is 1. The monoisotopic (exact) mass is 360 g/mol. The molecule has 144 valence electrons. The number of carbonyl (C=O) groups excluding carboxylic acids is 2. The van der Waals surface area contributed by atoms with Crippen LogP contribution in [0.1, 0.15) is 40.0 Å². The lowest BCUT2D eigenvalue weighted by Gasteiger charge is -2.21. The van der Waals surface area contributed by atoms with Crippen molar-refractivity contribution in [3.63, 3.8) is 0 Å². The van der Waals surface area contributed by atoms with Gasteiger partial charge in [-0.3, -0.25) is 4.79 Å². The van der Waals surface area contributed by atoms with Gasteiger partial charge in [0.1, 0.15) is 0 Å². The summed E-state index contributed by atoms with van der Waals surface area (Å²) in [6.45, 7) is 10.1. The number of hydrogen-bond donors (Lipinski definition) is 2. The normalized spacial score (nSPS) is 18.2. The predicted octanol–water partition coefficient (Wildman–Crippen LogP) is 2.60. The molecule has 1 aliphatic rings. The molecule has 6 nitrogen and oxygen atoms in total. The Kier molecular flexibility index (Phi) is 7.91. The molecule has 0 radical (unpaired) electrons. The molecule has 0 aromatic heterocycles. The maximum absolute atomic E-state index is 12.2. The molecule has 1 fully saturated rings. The molecule has 1 heterocycles. The van der Waals surface area contributed by atoms with E-state index in [0.717, 1.165) is 38.2 Å². The number of para-hydroxylation sites is 1. The Labute approximate surface area is 156 Å². The Morgan fingerprint density at radius 3 is 2.62 bits per heavy atom. The van der Waals surface area contributed by atoms with Gasteiger partial charge in [0.15, 0.2) is 0 Å². The Balaban J connectivity index is 1.72. The van der Waals surface area contributed by atoms with Gasteiger partial charge in [0.2, 0.25) is 5.91 Å². The lowest BCUT2D eigenvalue weighted by molar-refractivity contribution is -0.117. The van der Waals surface area contributed by atoms with Crippen LogP contribution in [0.25, 0.3) is 0 Å². The zero-order valence-electron chi connectivity index (χ0n) is 16.2. The van der Waals surface area contributed by atoms with Crippen LogP contribution in [0.5, 0.6) is 0 Å². The quantitative estimate of drug-likeness (QED) is 0.711. The number of amides is 3. The van der Waals surface area contributed by atoms with Crippen LogP contribution in [-0.2, 0) is 4.79 Å². The number of rotatable bonds is 9. The predicted molar refractivity (Wildman–Crippen MR) is 105 cm³/mol. The molecule has 0 spiro atoms. The fraction of sp³-hybridized carbons (Fsp3) is 0.600. The van der Waals surface area contributed by atoms with E-state index in [0.29, 0.717) is 13.0 Å². The molecule has 0 bridgehead atoms. The number of hydrogen-bond acceptors (Lipinski definition) is 3. The zero-order valence-corrected chi connectivity index (χ0v) is 16.2. The first-order chi connectivity index (χ1) is 12.5. The molecular formula is C20H32N4O2. The average Bonchev–Trinajstić information content (AvgIpc) is 2.99. The first kappa shape index (κ1) is 20.2. The van der Waals surface area contributed by atoms with Crippen LogP contribution in [0.4, 0.5) is 10.5 Å². The Bertz CT molecular complexity index is 574. The topological polar surface area (TPSA) is 64.7 Å². The Morgan fingerprint density at radius 2 is 1.96 bits per heavy atom. The number of nitrogens with one attached hydrogen (secondary N) is 2. The van der Waals surface area contributed by atoms with Crippen LogP contribution in [0.3, 0.4) is 0 Å². The number of carbonyl (C=O) groups is 2. The third kappa shape index (κ3) is 6.02. The first-order valence-corrected chi connectivity index (χ1v) is 9.68. The molecule has 2 N–H and O–H groups in total. The van der Waals surface area contributed by atoms with Gasteiger partial charge in [-0.15, -0.1) is 0 Å². The summed E-state index contributed by atoms with van der Waals surface area (Å²) in [4.78, 5) is 28.5. The van der Waals surface area contributed by atoms with Gasteiger partial charge < -0.3 is 20.4 Å². The molecule has 1 aromatic carbocycles. The molecule has 1 saturated heterocycles. The van der Waals surface area contributed by atoms with Crippen molar-refractivity contribution < 1.29 is 9.59 Å². The van der Waals surface area contributed by atoms with E-state index in [2.05, 4.69) is 29.4 Å². The van der Waals surface area contributed by atoms with Crippen LogP contribution in [0.2, 0.25) is 0 Å². The summed E-state index contributed by atoms with van der Waals surface area (Å²) < 4.78 is 0. The molecule has 1 aliphatic heterocycles. The summed E-state index contributed by atoms with van der Waals surface area (Å²) in [6, 6.07) is 9.36. The van der Waals surface area contributed by atoms with E-state index in [1.54, 1.807) is 4.90 Å². The highest BCUT2D eigenvalue weighted by Gasteiger charge is 2.31. The molecule has 2 atom stereocenters. The molecule has 2 rings (SSSR count). The van der Waals surface area contributed by atoms with E-state index in [9.17, 15) is 9.59 Å². The standard InChI is InChI=1S/C20H32N4O2/c1-4-23(5-2)13-9-10-16(3)21-20(26)22-17-14-19(25)24(15-17)18-11-7-6-8-12-18/h6-8,11-12,16-17H,4-5,9-10,13-15H2,1-3H3,(H2,21,22,26)/t16-,17+/m1/s1. The highest BCUT2D eigenvalue weighted by molar-refractivity contribution is 5.96. The maximum Gasteiger partial charge on any atom is 0.315 e. The molecule has 6 heteroatoms. The van der Waals surface area contributed by atoms with Crippen molar-refractivity contribution in [3.8, 4) is 0 Å². The smallest absolute Gasteiger partial charge is 0.315 e. The van der Waals surface area contributed by atoms with Gasteiger partial charge in [-0.1, -0.05) is 32.0 Å². The van der Waals surface area contributed by atoms with Crippen molar-refractivity contribution >= 4 is 17.6 Å². The van der Waals surface area contributed by atoms with Crippen molar-refractivity contribution in [2.24, 2.45) is 0 Å². The van der Waals surface area contributed by atoms with Crippen molar-refractivity contribution in [1.29, 1.82) is 0 Å². The summed E-state index contributed by atoms with van der Waals surface area (Å²) in [6.07, 6.45) is 2.36. The van der Waals surface area contributed by atoms with Gasteiger partial charge in [-0.2, -0.15) is 0 Å². The summed E-state index contributed by atoms with van der Waals surface area (Å²) in [5.74, 6) is 0.0498. The molecular weight excluding hydrogens is 328 g/mol. The van der Waals surface area contributed by atoms with Crippen molar-refractivity contribution in [1.82, 2.24) is 15.5 Å². The van der Waals surface area contributed by atoms with E-state index in [4.69, 9.17) is 0 Å². The van der Waals surface area contributed by atoms with Crippen LogP contribution in [0, 0.1) is 0 Å². The summed E-state index contributed by atoms with van der Waals surface area (Å²) >= 11 is 0. The van der Waals surface area contributed by atoms with E-state index in [1.807, 2.05) is 37.3 Å². The Hall–Kier alpha value is -2.08. The summed E-state index contributed by atoms with van der Waals surface area (Å²) in [5.41, 5.74) is 0.881. The lowest BCUT2D eigenvalue weighted by Crippen LogP contribution is -2.46. The summed E-state index contributed by atoms with van der Waals surface area (Å²) in [7, 11) is 0. The minimum absolute atomic E-state index is 0.0498. The van der Waals surface area contributed by atoms with Gasteiger partial charge in [0, 0.05) is 24.7 Å². The second kappa shape index (κ2) is 10.2. The van der Waals surface area contributed by atoms with E-state index >= 15 is 0 Å². The van der Waals surface area contributed by atoms with Gasteiger partial charge in [0.25, 0.3) is 0 Å². The van der Waals surface area contributed by atoms with Crippen LogP contribution in [-0.4, -0.2) is 55.1 Å². The van der Waals surface area contributed by atoms with E-state index < -0.39 is 0 Å². The lowest BCUT2D eigenvalue weighted by atomic mass is 10.2. The van der Waals surface area contributed by atoms with Gasteiger partial charge in [-0.25, -0.2) is 4.79 Å². The fourth-order valence-electron chi connectivity index (χ4n) is 3.35. The molecule has 0 saturated carbocycles. The van der Waals surface area contributed by atoms with Crippen LogP contribution >= 0.6 is 0 Å². The minimum atomic E-state index is -0.187. The van der Waals surface area contributed by atoms with Crippen LogP contribution in [0.15, 0.2) is 30.3 Å². The third-order valence-corrected chi connectivity index (χ3v) is 4.91. The molecule has 3 amide bonds. The maximum atomic E-state index is 12.2. The highest BCUT2D eigenvalue weighted by atomic mass is 16.2. The molecule has 1 aromatic rings. The average molecular weight is 361 g/mol. The zero-order chi connectivity index (χ0) is 18.9. The highest BCUT2D eigenvalue weighted by Crippen LogP contribution is 2.20. The Morgan fingerprint density at radius 1 is 1.27 bits per heavy atom. The molecule has 0 aliphatic carbocycles. The van der Waals surface area contributed by atoms with Gasteiger partial charge in [-0.05, 0) is 51.5 Å². The second-order valence-electron chi connectivity index (χ2n) is 6.93. The first-order valence-electron chi connectivity index (χ1n) is 9.68. The SMILES string of the molecule is CCN(CC)CCC[C@@H](C)NC(=O)N[C@H]1CC(=O)N(c2ccccc2)C1. The third-order valence-electron chi connectivity index (χ3n) is 4.91. The number of anilines is 1. The number of nitrogens with zero attached hydrogens (tertiary/aromatic N) is 2. The van der Waals surface area contributed by atoms with E-state index in [-0.39, 0.29) is 24.0 Å². The number of benzene rings is 1. The molecule has 26 heavy (non-hydrogen) atoms. The largest absolute Gasteiger partial charge is 0.336 e.